The van der Waals surface area contributed by atoms with Gasteiger partial charge in [0, 0.05) is 0 Å². The molecule has 0 fully saturated rings. The van der Waals surface area contributed by atoms with Crippen LogP contribution in [0.2, 0.25) is 0 Å². The van der Waals surface area contributed by atoms with Crippen molar-refractivity contribution >= 4 is 11.9 Å². The van der Waals surface area contributed by atoms with Gasteiger partial charge < -0.3 is 10.1 Å². The summed E-state index contributed by atoms with van der Waals surface area (Å²) in [6.07, 6.45) is 0.257. The van der Waals surface area contributed by atoms with Gasteiger partial charge in [-0.1, -0.05) is 29.8 Å². The number of benzene rings is 1. The quantitative estimate of drug-likeness (QED) is 0.860. The number of esters is 1. The summed E-state index contributed by atoms with van der Waals surface area (Å²) >= 11 is 0. The molecule has 0 aromatic heterocycles. The van der Waals surface area contributed by atoms with E-state index in [9.17, 15) is 9.59 Å². The maximum atomic E-state index is 11.9. The van der Waals surface area contributed by atoms with E-state index in [1.807, 2.05) is 31.2 Å². The average molecular weight is 277 g/mol. The summed E-state index contributed by atoms with van der Waals surface area (Å²) in [6.45, 7) is 9.01. The molecule has 0 saturated heterocycles. The normalized spacial score (nSPS) is 12.7. The topological polar surface area (TPSA) is 55.4 Å². The highest BCUT2D eigenvalue weighted by Gasteiger charge is 2.22. The van der Waals surface area contributed by atoms with Crippen LogP contribution in [0.3, 0.4) is 0 Å². The van der Waals surface area contributed by atoms with E-state index in [4.69, 9.17) is 4.74 Å². The van der Waals surface area contributed by atoms with Crippen LogP contribution in [0.25, 0.3) is 0 Å². The summed E-state index contributed by atoms with van der Waals surface area (Å²) in [5.74, 6) is -0.609. The first-order chi connectivity index (χ1) is 9.17. The second kappa shape index (κ2) is 6.55. The predicted octanol–water partition coefficient (Wildman–Crippen LogP) is 2.38. The van der Waals surface area contributed by atoms with E-state index >= 15 is 0 Å². The number of rotatable bonds is 4. The Kier molecular flexibility index (Phi) is 5.31. The van der Waals surface area contributed by atoms with Gasteiger partial charge in [0.2, 0.25) is 5.91 Å². The largest absolute Gasteiger partial charge is 0.458 e. The minimum absolute atomic E-state index is 0.188. The maximum absolute atomic E-state index is 11.9. The van der Waals surface area contributed by atoms with Crippen LogP contribution in [0.4, 0.5) is 0 Å². The molecule has 4 heteroatoms. The zero-order chi connectivity index (χ0) is 15.3. The molecule has 1 atom stereocenters. The number of carbonyl (C=O) groups is 2. The van der Waals surface area contributed by atoms with E-state index in [0.29, 0.717) is 0 Å². The Hall–Kier alpha value is -1.84. The molecule has 0 aliphatic heterocycles. The van der Waals surface area contributed by atoms with Crippen molar-refractivity contribution in [3.8, 4) is 0 Å². The van der Waals surface area contributed by atoms with Gasteiger partial charge in [-0.2, -0.15) is 0 Å². The minimum atomic E-state index is -0.646. The molecule has 0 bridgehead atoms. The molecule has 1 aromatic rings. The lowest BCUT2D eigenvalue weighted by Crippen LogP contribution is -2.42. The summed E-state index contributed by atoms with van der Waals surface area (Å²) < 4.78 is 5.21. The van der Waals surface area contributed by atoms with Crippen molar-refractivity contribution < 1.29 is 14.3 Å². The molecule has 20 heavy (non-hydrogen) atoms. The Morgan fingerprint density at radius 1 is 1.20 bits per heavy atom. The van der Waals surface area contributed by atoms with Crippen molar-refractivity contribution in [2.75, 3.05) is 0 Å². The molecule has 0 aliphatic carbocycles. The van der Waals surface area contributed by atoms with Gasteiger partial charge in [0.1, 0.15) is 11.6 Å². The lowest BCUT2D eigenvalue weighted by atomic mass is 10.1. The third-order valence-electron chi connectivity index (χ3n) is 2.62. The fraction of sp³-hybridized carbons (Fsp3) is 0.500. The molecular formula is C16H23NO3. The predicted molar refractivity (Wildman–Crippen MR) is 78.3 cm³/mol. The lowest BCUT2D eigenvalue weighted by molar-refractivity contribution is -0.158. The fourth-order valence-electron chi connectivity index (χ4n) is 1.63. The first-order valence-corrected chi connectivity index (χ1v) is 6.75. The Bertz CT molecular complexity index is 471. The van der Waals surface area contributed by atoms with Gasteiger partial charge >= 0.3 is 5.97 Å². The van der Waals surface area contributed by atoms with Crippen molar-refractivity contribution in [3.05, 3.63) is 35.4 Å². The van der Waals surface area contributed by atoms with E-state index in [0.717, 1.165) is 11.1 Å². The molecule has 0 radical (unpaired) electrons. The molecule has 110 valence electrons. The third kappa shape index (κ3) is 5.87. The van der Waals surface area contributed by atoms with Crippen LogP contribution >= 0.6 is 0 Å². The summed E-state index contributed by atoms with van der Waals surface area (Å²) in [4.78, 5) is 23.6. The highest BCUT2D eigenvalue weighted by molar-refractivity contribution is 5.85. The van der Waals surface area contributed by atoms with Crippen molar-refractivity contribution in [2.24, 2.45) is 0 Å². The van der Waals surface area contributed by atoms with Gasteiger partial charge in [-0.15, -0.1) is 0 Å². The molecule has 0 unspecified atom stereocenters. The van der Waals surface area contributed by atoms with Gasteiger partial charge in [0.15, 0.2) is 0 Å². The molecule has 4 nitrogen and oxygen atoms in total. The number of aryl methyl sites for hydroxylation is 1. The molecule has 1 rings (SSSR count). The highest BCUT2D eigenvalue weighted by atomic mass is 16.6. The van der Waals surface area contributed by atoms with Crippen molar-refractivity contribution in [2.45, 2.75) is 52.7 Å². The van der Waals surface area contributed by atoms with Gasteiger partial charge in [-0.05, 0) is 40.2 Å². The van der Waals surface area contributed by atoms with Crippen molar-refractivity contribution in [1.82, 2.24) is 5.32 Å². The molecule has 1 aromatic carbocycles. The summed E-state index contributed by atoms with van der Waals surface area (Å²) in [5, 5.41) is 2.65. The molecule has 0 saturated carbocycles. The van der Waals surface area contributed by atoms with Crippen LogP contribution in [-0.2, 0) is 20.7 Å². The first-order valence-electron chi connectivity index (χ1n) is 6.75. The third-order valence-corrected chi connectivity index (χ3v) is 2.62. The zero-order valence-corrected chi connectivity index (χ0v) is 12.8. The lowest BCUT2D eigenvalue weighted by Gasteiger charge is -2.22. The van der Waals surface area contributed by atoms with E-state index in [-0.39, 0.29) is 12.3 Å². The standard InChI is InChI=1S/C16H23NO3/c1-11-6-8-13(9-7-11)10-14(18)17-12(2)15(19)20-16(3,4)5/h6-9,12H,10H2,1-5H3,(H,17,18)/t12-/m1/s1. The second-order valence-electron chi connectivity index (χ2n) is 5.99. The van der Waals surface area contributed by atoms with Gasteiger partial charge in [0.05, 0.1) is 6.42 Å². The van der Waals surface area contributed by atoms with Crippen LogP contribution in [0.5, 0.6) is 0 Å². The average Bonchev–Trinajstić information content (AvgIpc) is 2.29. The second-order valence-corrected chi connectivity index (χ2v) is 5.99. The van der Waals surface area contributed by atoms with Gasteiger partial charge in [-0.3, -0.25) is 4.79 Å². The molecule has 1 amide bonds. The van der Waals surface area contributed by atoms with Crippen molar-refractivity contribution in [3.63, 3.8) is 0 Å². The van der Waals surface area contributed by atoms with Gasteiger partial charge in [0.25, 0.3) is 0 Å². The molecule has 0 heterocycles. The number of nitrogens with one attached hydrogen (secondary N) is 1. The van der Waals surface area contributed by atoms with Crippen LogP contribution in [0.15, 0.2) is 24.3 Å². The smallest absolute Gasteiger partial charge is 0.328 e. The van der Waals surface area contributed by atoms with Crippen molar-refractivity contribution in [1.29, 1.82) is 0 Å². The van der Waals surface area contributed by atoms with Gasteiger partial charge in [-0.25, -0.2) is 4.79 Å². The molecular weight excluding hydrogens is 254 g/mol. The Balaban J connectivity index is 2.49. The number of hydrogen-bond donors (Lipinski definition) is 1. The van der Waals surface area contributed by atoms with Crippen LogP contribution in [0.1, 0.15) is 38.8 Å². The van der Waals surface area contributed by atoms with E-state index in [1.165, 1.54) is 0 Å². The SMILES string of the molecule is Cc1ccc(CC(=O)N[C@H](C)C(=O)OC(C)(C)C)cc1. The van der Waals surface area contributed by atoms with E-state index in [1.54, 1.807) is 27.7 Å². The van der Waals surface area contributed by atoms with Crippen LogP contribution < -0.4 is 5.32 Å². The number of hydrogen-bond acceptors (Lipinski definition) is 3. The Morgan fingerprint density at radius 3 is 2.25 bits per heavy atom. The number of carbonyl (C=O) groups excluding carboxylic acids is 2. The summed E-state index contributed by atoms with van der Waals surface area (Å²) in [5.41, 5.74) is 1.52. The van der Waals surface area contributed by atoms with E-state index < -0.39 is 17.6 Å². The number of amides is 1. The Labute approximate surface area is 120 Å². The Morgan fingerprint density at radius 2 is 1.75 bits per heavy atom. The molecule has 0 aliphatic rings. The zero-order valence-electron chi connectivity index (χ0n) is 12.8. The molecule has 1 N–H and O–H groups in total. The minimum Gasteiger partial charge on any atom is -0.458 e. The maximum Gasteiger partial charge on any atom is 0.328 e. The highest BCUT2D eigenvalue weighted by Crippen LogP contribution is 2.08. The van der Waals surface area contributed by atoms with Crippen LogP contribution in [0, 0.1) is 6.92 Å². The fourth-order valence-corrected chi connectivity index (χ4v) is 1.63. The summed E-state index contributed by atoms with van der Waals surface area (Å²) in [6, 6.07) is 7.09. The first kappa shape index (κ1) is 16.2. The van der Waals surface area contributed by atoms with E-state index in [2.05, 4.69) is 5.32 Å². The number of ether oxygens (including phenoxy) is 1. The molecule has 0 spiro atoms. The monoisotopic (exact) mass is 277 g/mol. The summed E-state index contributed by atoms with van der Waals surface area (Å²) in [7, 11) is 0. The van der Waals surface area contributed by atoms with Crippen LogP contribution in [-0.4, -0.2) is 23.5 Å².